The van der Waals surface area contributed by atoms with Gasteiger partial charge in [-0.1, -0.05) is 23.5 Å². The molecule has 0 saturated carbocycles. The third-order valence-electron chi connectivity index (χ3n) is 5.99. The minimum absolute atomic E-state index is 0.208. The molecule has 4 aromatic heterocycles. The molecule has 6 aromatic rings. The van der Waals surface area contributed by atoms with Gasteiger partial charge >= 0.3 is 0 Å². The molecule has 230 valence electrons. The van der Waals surface area contributed by atoms with Crippen LogP contribution >= 0.6 is 46.2 Å². The Hall–Kier alpha value is -4.24. The molecule has 2 N–H and O–H groups in total. The van der Waals surface area contributed by atoms with E-state index in [1.54, 1.807) is 89.9 Å². The van der Waals surface area contributed by atoms with Crippen LogP contribution in [0.5, 0.6) is 23.0 Å². The first-order chi connectivity index (χ1) is 21.9. The van der Waals surface area contributed by atoms with Crippen LogP contribution in [0.3, 0.4) is 0 Å². The van der Waals surface area contributed by atoms with Crippen LogP contribution in [0.4, 0.5) is 0 Å². The number of thioether (sulfide) groups is 2. The van der Waals surface area contributed by atoms with Crippen molar-refractivity contribution in [2.45, 2.75) is 15.6 Å². The Labute approximate surface area is 276 Å². The molecular weight excluding hydrogens is 649 g/mol. The molecule has 45 heavy (non-hydrogen) atoms. The first-order valence-corrected chi connectivity index (χ1v) is 17.6. The first-order valence-electron chi connectivity index (χ1n) is 13.6. The Morgan fingerprint density at radius 3 is 1.62 bits per heavy atom. The number of aromatic nitrogens is 4. The summed E-state index contributed by atoms with van der Waals surface area (Å²) in [5.41, 5.74) is 2.59. The van der Waals surface area contributed by atoms with Gasteiger partial charge in [-0.05, 0) is 55.8 Å². The molecule has 0 aliphatic heterocycles. The van der Waals surface area contributed by atoms with Gasteiger partial charge < -0.3 is 20.1 Å². The molecule has 0 bridgehead atoms. The van der Waals surface area contributed by atoms with Crippen LogP contribution in [0.15, 0.2) is 81.7 Å². The van der Waals surface area contributed by atoms with Crippen molar-refractivity contribution in [3.05, 3.63) is 84.4 Å². The van der Waals surface area contributed by atoms with E-state index in [0.29, 0.717) is 40.9 Å². The maximum Gasteiger partial charge on any atom is 0.270 e. The molecule has 0 fully saturated rings. The van der Waals surface area contributed by atoms with Crippen LogP contribution in [0, 0.1) is 0 Å². The Kier molecular flexibility index (Phi) is 10.8. The van der Waals surface area contributed by atoms with E-state index in [-0.39, 0.29) is 11.8 Å². The molecule has 0 radical (unpaired) electrons. The van der Waals surface area contributed by atoms with Crippen molar-refractivity contribution in [3.63, 3.8) is 0 Å². The summed E-state index contributed by atoms with van der Waals surface area (Å²) >= 11 is 6.52. The van der Waals surface area contributed by atoms with Crippen molar-refractivity contribution >= 4 is 78.4 Å². The molecule has 0 spiro atoms. The van der Waals surface area contributed by atoms with E-state index in [9.17, 15) is 9.59 Å². The van der Waals surface area contributed by atoms with Gasteiger partial charge in [0.1, 0.15) is 34.4 Å². The van der Waals surface area contributed by atoms with Gasteiger partial charge in [0.25, 0.3) is 11.8 Å². The van der Waals surface area contributed by atoms with E-state index >= 15 is 0 Å². The summed E-state index contributed by atoms with van der Waals surface area (Å²) < 4.78 is 15.9. The first kappa shape index (κ1) is 32.2. The van der Waals surface area contributed by atoms with Crippen molar-refractivity contribution in [1.29, 1.82) is 0 Å². The van der Waals surface area contributed by atoms with Gasteiger partial charge in [0.15, 0.2) is 8.68 Å². The number of benzene rings is 2. The Morgan fingerprint density at radius 1 is 0.711 bits per heavy atom. The number of nitrogens with zero attached hydrogens (tertiary/aromatic N) is 4. The van der Waals surface area contributed by atoms with Gasteiger partial charge in [-0.25, -0.2) is 9.97 Å². The minimum atomic E-state index is -0.243. The number of rotatable bonds is 9. The van der Waals surface area contributed by atoms with Gasteiger partial charge in [-0.2, -0.15) is 0 Å². The largest absolute Gasteiger partial charge is 0.457 e. The van der Waals surface area contributed by atoms with E-state index in [1.807, 2.05) is 55.8 Å². The zero-order valence-electron chi connectivity index (χ0n) is 24.7. The molecule has 0 atom stereocenters. The van der Waals surface area contributed by atoms with Crippen LogP contribution in [0.25, 0.3) is 20.4 Å². The number of ether oxygens (including phenoxy) is 2. The van der Waals surface area contributed by atoms with E-state index in [4.69, 9.17) is 9.47 Å². The average Bonchev–Trinajstić information content (AvgIpc) is 3.68. The standard InChI is InChI=1S/C16H15N3O2S2.C15H13N3O2S2/c1-3-17-15(20)13-8-11(6-7-18-13)21-10-4-5-12-14(9-10)23-16(19-12)22-2;1-16-14(19)12-7-10(5-6-17-12)20-9-3-4-11-13(8-9)22-15(18-11)21-2/h4-9H,3H2,1-2H3,(H,17,20);3-8H,1-2H3,(H,16,19). The number of carbonyl (C=O) groups is 2. The van der Waals surface area contributed by atoms with E-state index in [0.717, 1.165) is 29.1 Å². The van der Waals surface area contributed by atoms with Crippen LogP contribution in [0.1, 0.15) is 27.9 Å². The maximum atomic E-state index is 11.8. The molecule has 4 heterocycles. The van der Waals surface area contributed by atoms with Crippen molar-refractivity contribution in [3.8, 4) is 23.0 Å². The second-order valence-corrected chi connectivity index (χ2v) is 13.2. The predicted octanol–water partition coefficient (Wildman–Crippen LogP) is 7.52. The number of carbonyl (C=O) groups excluding carboxylic acids is 2. The van der Waals surface area contributed by atoms with E-state index in [2.05, 4.69) is 30.6 Å². The smallest absolute Gasteiger partial charge is 0.270 e. The normalized spacial score (nSPS) is 10.7. The Morgan fingerprint density at radius 2 is 1.18 bits per heavy atom. The van der Waals surface area contributed by atoms with Gasteiger partial charge in [0.05, 0.1) is 20.4 Å². The quantitative estimate of drug-likeness (QED) is 0.148. The molecule has 2 amide bonds. The van der Waals surface area contributed by atoms with Crippen LogP contribution in [0.2, 0.25) is 0 Å². The molecular formula is C31H28N6O4S4. The lowest BCUT2D eigenvalue weighted by Crippen LogP contribution is -2.23. The summed E-state index contributed by atoms with van der Waals surface area (Å²) in [4.78, 5) is 40.5. The summed E-state index contributed by atoms with van der Waals surface area (Å²) in [5, 5.41) is 5.26. The van der Waals surface area contributed by atoms with Gasteiger partial charge in [-0.15, -0.1) is 22.7 Å². The number of nitrogens with one attached hydrogen (secondary N) is 2. The number of amides is 2. The lowest BCUT2D eigenvalue weighted by atomic mass is 10.3. The molecule has 10 nitrogen and oxygen atoms in total. The summed E-state index contributed by atoms with van der Waals surface area (Å²) in [6.07, 6.45) is 7.13. The summed E-state index contributed by atoms with van der Waals surface area (Å²) in [6, 6.07) is 18.2. The molecule has 0 saturated heterocycles. The molecule has 0 aliphatic carbocycles. The van der Waals surface area contributed by atoms with E-state index in [1.165, 1.54) is 0 Å². The van der Waals surface area contributed by atoms with Gasteiger partial charge in [0, 0.05) is 50.3 Å². The third-order valence-corrected chi connectivity index (χ3v) is 10.0. The second-order valence-electron chi connectivity index (χ2n) is 9.02. The monoisotopic (exact) mass is 676 g/mol. The van der Waals surface area contributed by atoms with Gasteiger partial charge in [0.2, 0.25) is 0 Å². The fraction of sp³-hybridized carbons (Fsp3) is 0.161. The van der Waals surface area contributed by atoms with Crippen molar-refractivity contribution in [2.75, 3.05) is 26.1 Å². The number of thiazole rings is 2. The minimum Gasteiger partial charge on any atom is -0.457 e. The summed E-state index contributed by atoms with van der Waals surface area (Å²) in [7, 11) is 1.57. The molecule has 0 aliphatic rings. The Bertz CT molecular complexity index is 1960. The van der Waals surface area contributed by atoms with Crippen molar-refractivity contribution < 1.29 is 19.1 Å². The highest BCUT2D eigenvalue weighted by Crippen LogP contribution is 2.33. The van der Waals surface area contributed by atoms with Gasteiger partial charge in [-0.3, -0.25) is 19.6 Å². The summed E-state index contributed by atoms with van der Waals surface area (Å²) in [5.74, 6) is 2.12. The topological polar surface area (TPSA) is 128 Å². The maximum absolute atomic E-state index is 11.8. The van der Waals surface area contributed by atoms with Crippen LogP contribution in [-0.2, 0) is 0 Å². The number of fused-ring (bicyclic) bond motifs is 2. The lowest BCUT2D eigenvalue weighted by Gasteiger charge is -2.07. The molecule has 6 rings (SSSR count). The van der Waals surface area contributed by atoms with Crippen molar-refractivity contribution in [2.24, 2.45) is 0 Å². The highest BCUT2D eigenvalue weighted by atomic mass is 32.2. The number of pyridine rings is 2. The highest BCUT2D eigenvalue weighted by molar-refractivity contribution is 8.00. The zero-order chi connectivity index (χ0) is 31.8. The average molecular weight is 677 g/mol. The molecule has 0 unspecified atom stereocenters. The number of hydrogen-bond donors (Lipinski definition) is 2. The fourth-order valence-electron chi connectivity index (χ4n) is 3.92. The third kappa shape index (κ3) is 8.28. The highest BCUT2D eigenvalue weighted by Gasteiger charge is 2.10. The SMILES string of the molecule is CCNC(=O)c1cc(Oc2ccc3nc(SC)sc3c2)ccn1.CNC(=O)c1cc(Oc2ccc3nc(SC)sc3c2)ccn1. The summed E-state index contributed by atoms with van der Waals surface area (Å²) in [6.45, 7) is 2.43. The fourth-order valence-corrected chi connectivity index (χ4v) is 6.95. The zero-order valence-corrected chi connectivity index (χ0v) is 28.0. The second kappa shape index (κ2) is 15.2. The van der Waals surface area contributed by atoms with Crippen LogP contribution in [-0.4, -0.2) is 57.9 Å². The van der Waals surface area contributed by atoms with Crippen molar-refractivity contribution in [1.82, 2.24) is 30.6 Å². The van der Waals surface area contributed by atoms with Crippen LogP contribution < -0.4 is 20.1 Å². The molecule has 2 aromatic carbocycles. The molecule has 14 heteroatoms. The lowest BCUT2D eigenvalue weighted by molar-refractivity contribution is 0.0945. The Balaban J connectivity index is 0.000000178. The van der Waals surface area contributed by atoms with E-state index < -0.39 is 0 Å². The number of hydrogen-bond acceptors (Lipinski definition) is 12. The predicted molar refractivity (Wildman–Crippen MR) is 183 cm³/mol.